The molecule has 0 fully saturated rings. The van der Waals surface area contributed by atoms with Gasteiger partial charge in [0, 0.05) is 17.8 Å². The van der Waals surface area contributed by atoms with E-state index in [9.17, 15) is 9.59 Å². The van der Waals surface area contributed by atoms with Crippen LogP contribution in [0.3, 0.4) is 0 Å². The van der Waals surface area contributed by atoms with Crippen LogP contribution in [-0.2, 0) is 61.7 Å². The standard InChI is InChI=1S/C34H56N2O14/c35-31-1-3-32(4-2-31)50-30-29-49-28-27-48-26-25-47-24-23-46-22-21-45-20-19-44-18-17-43-16-15-42-14-13-41-12-11-40-10-9-39-8-7-36-33(37)5-6-34(36)38/h1-6H,7-30,35H2. The molecule has 1 heterocycles. The second-order valence-corrected chi connectivity index (χ2v) is 10.3. The van der Waals surface area contributed by atoms with E-state index in [0.29, 0.717) is 151 Å². The van der Waals surface area contributed by atoms with Crippen LogP contribution < -0.4 is 10.5 Å². The Morgan fingerprint density at radius 3 is 0.940 bits per heavy atom. The number of nitrogens with two attached hydrogens (primary N) is 1. The van der Waals surface area contributed by atoms with Crippen molar-refractivity contribution in [2.75, 3.05) is 164 Å². The maximum absolute atomic E-state index is 11.4. The summed E-state index contributed by atoms with van der Waals surface area (Å²) in [5.74, 6) is 0.149. The monoisotopic (exact) mass is 716 g/mol. The molecular formula is C34H56N2O14. The van der Waals surface area contributed by atoms with Gasteiger partial charge < -0.3 is 62.6 Å². The summed E-state index contributed by atoms with van der Waals surface area (Å²) in [6.45, 7) is 10.9. The van der Waals surface area contributed by atoms with E-state index in [1.807, 2.05) is 12.1 Å². The third-order valence-electron chi connectivity index (χ3n) is 6.46. The topological polar surface area (TPSA) is 174 Å². The third kappa shape index (κ3) is 25.2. The first-order valence-corrected chi connectivity index (χ1v) is 17.0. The maximum atomic E-state index is 11.4. The minimum absolute atomic E-state index is 0.237. The molecule has 0 unspecified atom stereocenters. The highest BCUT2D eigenvalue weighted by Gasteiger charge is 2.22. The molecule has 0 bridgehead atoms. The first kappa shape index (κ1) is 43.4. The minimum Gasteiger partial charge on any atom is -0.491 e. The van der Waals surface area contributed by atoms with E-state index in [-0.39, 0.29) is 25.0 Å². The number of hydrogen-bond acceptors (Lipinski definition) is 15. The van der Waals surface area contributed by atoms with Gasteiger partial charge in [0.1, 0.15) is 12.4 Å². The van der Waals surface area contributed by atoms with Gasteiger partial charge in [-0.15, -0.1) is 0 Å². The van der Waals surface area contributed by atoms with Gasteiger partial charge in [-0.2, -0.15) is 0 Å². The zero-order valence-corrected chi connectivity index (χ0v) is 29.2. The third-order valence-corrected chi connectivity index (χ3v) is 6.46. The van der Waals surface area contributed by atoms with Crippen molar-refractivity contribution in [2.24, 2.45) is 0 Å². The number of nitrogen functional groups attached to an aromatic ring is 1. The van der Waals surface area contributed by atoms with E-state index in [0.717, 1.165) is 10.6 Å². The minimum atomic E-state index is -0.308. The quantitative estimate of drug-likeness (QED) is 0.0580. The molecule has 1 aromatic rings. The Bertz CT molecular complexity index is 967. The number of benzene rings is 1. The molecule has 16 heteroatoms. The van der Waals surface area contributed by atoms with Crippen molar-refractivity contribution in [3.63, 3.8) is 0 Å². The van der Waals surface area contributed by atoms with Crippen LogP contribution in [0.15, 0.2) is 36.4 Å². The highest BCUT2D eigenvalue weighted by Crippen LogP contribution is 2.12. The van der Waals surface area contributed by atoms with E-state index < -0.39 is 0 Å². The molecule has 0 radical (unpaired) electrons. The predicted molar refractivity (Wildman–Crippen MR) is 181 cm³/mol. The summed E-state index contributed by atoms with van der Waals surface area (Å²) >= 11 is 0. The van der Waals surface area contributed by atoms with Crippen LogP contribution in [0.1, 0.15) is 0 Å². The average Bonchev–Trinajstić information content (AvgIpc) is 3.44. The van der Waals surface area contributed by atoms with Gasteiger partial charge in [0.05, 0.1) is 152 Å². The Morgan fingerprint density at radius 1 is 0.380 bits per heavy atom. The molecule has 286 valence electrons. The molecule has 1 aromatic carbocycles. The van der Waals surface area contributed by atoms with Crippen molar-refractivity contribution in [1.82, 2.24) is 4.90 Å². The highest BCUT2D eigenvalue weighted by molar-refractivity contribution is 6.12. The number of rotatable bonds is 37. The van der Waals surface area contributed by atoms with Gasteiger partial charge in [0.2, 0.25) is 0 Å². The molecule has 0 atom stereocenters. The van der Waals surface area contributed by atoms with Crippen molar-refractivity contribution >= 4 is 17.5 Å². The predicted octanol–water partition coefficient (Wildman–Crippen LogP) is 0.755. The second kappa shape index (κ2) is 32.2. The number of amides is 2. The largest absolute Gasteiger partial charge is 0.491 e. The summed E-state index contributed by atoms with van der Waals surface area (Å²) in [5.41, 5.74) is 6.34. The van der Waals surface area contributed by atoms with E-state index in [2.05, 4.69) is 0 Å². The molecule has 0 aromatic heterocycles. The number of carbonyl (C=O) groups is 2. The summed E-state index contributed by atoms with van der Waals surface area (Å²) in [4.78, 5) is 23.9. The fourth-order valence-corrected chi connectivity index (χ4v) is 3.89. The molecule has 1 aliphatic rings. The van der Waals surface area contributed by atoms with Gasteiger partial charge in [-0.25, -0.2) is 0 Å². The van der Waals surface area contributed by atoms with Crippen molar-refractivity contribution in [3.8, 4) is 5.75 Å². The number of carbonyl (C=O) groups excluding carboxylic acids is 2. The lowest BCUT2D eigenvalue weighted by Crippen LogP contribution is -2.33. The van der Waals surface area contributed by atoms with Crippen LogP contribution >= 0.6 is 0 Å². The van der Waals surface area contributed by atoms with E-state index in [1.54, 1.807) is 12.1 Å². The highest BCUT2D eigenvalue weighted by atomic mass is 16.6. The molecule has 0 saturated heterocycles. The van der Waals surface area contributed by atoms with Gasteiger partial charge in [0.15, 0.2) is 0 Å². The van der Waals surface area contributed by atoms with Crippen molar-refractivity contribution in [1.29, 1.82) is 0 Å². The Labute approximate surface area is 295 Å². The van der Waals surface area contributed by atoms with Crippen molar-refractivity contribution < 1.29 is 66.4 Å². The summed E-state index contributed by atoms with van der Waals surface area (Å²) in [7, 11) is 0. The molecule has 16 nitrogen and oxygen atoms in total. The number of nitrogens with zero attached hydrogens (tertiary/aromatic N) is 1. The van der Waals surface area contributed by atoms with Gasteiger partial charge in [0.25, 0.3) is 11.8 Å². The Morgan fingerprint density at radius 2 is 0.640 bits per heavy atom. The van der Waals surface area contributed by atoms with Gasteiger partial charge >= 0.3 is 0 Å². The molecule has 2 rings (SSSR count). The number of anilines is 1. The first-order valence-electron chi connectivity index (χ1n) is 17.0. The SMILES string of the molecule is Nc1ccc(OCCOCCOCCOCCOCCOCCOCCOCCOCCOCCOCCOCCN2C(=O)C=CC2=O)cc1. The maximum Gasteiger partial charge on any atom is 0.253 e. The fourth-order valence-electron chi connectivity index (χ4n) is 3.89. The zero-order chi connectivity index (χ0) is 35.6. The molecule has 0 spiro atoms. The fraction of sp³-hybridized carbons (Fsp3) is 0.706. The smallest absolute Gasteiger partial charge is 0.253 e. The Kier molecular flexibility index (Phi) is 28.0. The van der Waals surface area contributed by atoms with Gasteiger partial charge in [-0.1, -0.05) is 0 Å². The molecule has 50 heavy (non-hydrogen) atoms. The Hall–Kier alpha value is -2.74. The molecule has 2 amide bonds. The summed E-state index contributed by atoms with van der Waals surface area (Å²) < 4.78 is 65.5. The van der Waals surface area contributed by atoms with Gasteiger partial charge in [-0.05, 0) is 24.3 Å². The molecule has 0 saturated carbocycles. The number of ether oxygens (including phenoxy) is 12. The number of imide groups is 1. The van der Waals surface area contributed by atoms with E-state index in [1.165, 1.54) is 12.2 Å². The van der Waals surface area contributed by atoms with Crippen LogP contribution in [0.25, 0.3) is 0 Å². The summed E-state index contributed by atoms with van der Waals surface area (Å²) in [6.07, 6.45) is 2.51. The molecule has 2 N–H and O–H groups in total. The lowest BCUT2D eigenvalue weighted by molar-refractivity contribution is -0.137. The average molecular weight is 717 g/mol. The molecule has 0 aliphatic carbocycles. The van der Waals surface area contributed by atoms with Gasteiger partial charge in [-0.3, -0.25) is 14.5 Å². The van der Waals surface area contributed by atoms with E-state index >= 15 is 0 Å². The summed E-state index contributed by atoms with van der Waals surface area (Å²) in [6, 6.07) is 7.25. The number of hydrogen-bond donors (Lipinski definition) is 1. The summed E-state index contributed by atoms with van der Waals surface area (Å²) in [5, 5.41) is 0. The molecular weight excluding hydrogens is 660 g/mol. The van der Waals surface area contributed by atoms with Crippen LogP contribution in [0.2, 0.25) is 0 Å². The van der Waals surface area contributed by atoms with Crippen LogP contribution in [0.5, 0.6) is 5.75 Å². The normalized spacial score (nSPS) is 12.8. The second-order valence-electron chi connectivity index (χ2n) is 10.3. The zero-order valence-electron chi connectivity index (χ0n) is 29.2. The van der Waals surface area contributed by atoms with Crippen molar-refractivity contribution in [2.45, 2.75) is 0 Å². The van der Waals surface area contributed by atoms with Crippen LogP contribution in [0, 0.1) is 0 Å². The van der Waals surface area contributed by atoms with E-state index in [4.69, 9.17) is 62.6 Å². The lowest BCUT2D eigenvalue weighted by atomic mass is 10.3. The Balaban J connectivity index is 1.14. The molecule has 1 aliphatic heterocycles. The lowest BCUT2D eigenvalue weighted by Gasteiger charge is -2.13. The van der Waals surface area contributed by atoms with Crippen LogP contribution in [-0.4, -0.2) is 175 Å². The van der Waals surface area contributed by atoms with Crippen molar-refractivity contribution in [3.05, 3.63) is 36.4 Å². The van der Waals surface area contributed by atoms with Crippen LogP contribution in [0.4, 0.5) is 5.69 Å². The first-order chi connectivity index (χ1) is 24.7.